The van der Waals surface area contributed by atoms with Gasteiger partial charge in [0.1, 0.15) is 5.75 Å². The summed E-state index contributed by atoms with van der Waals surface area (Å²) in [7, 11) is 1.70. The van der Waals surface area contributed by atoms with Crippen molar-refractivity contribution in [2.24, 2.45) is 28.2 Å². The number of methoxy groups -OCH3 is 1. The highest BCUT2D eigenvalue weighted by Crippen LogP contribution is 2.59. The molecular formula is C18H23NO. The molecular weight excluding hydrogens is 246 g/mol. The monoisotopic (exact) mass is 269 g/mol. The molecule has 4 bridgehead atoms. The molecule has 0 N–H and O–H groups in total. The molecule has 5 rings (SSSR count). The highest BCUT2D eigenvalue weighted by Gasteiger charge is 2.50. The van der Waals surface area contributed by atoms with Gasteiger partial charge >= 0.3 is 0 Å². The minimum atomic E-state index is 0.425. The summed E-state index contributed by atoms with van der Waals surface area (Å²) in [5.41, 5.74) is 1.48. The van der Waals surface area contributed by atoms with Gasteiger partial charge in [0.15, 0.2) is 0 Å². The Balaban J connectivity index is 1.54. The van der Waals surface area contributed by atoms with Gasteiger partial charge in [0.25, 0.3) is 0 Å². The van der Waals surface area contributed by atoms with E-state index in [1.807, 2.05) is 12.1 Å². The highest BCUT2D eigenvalue weighted by atomic mass is 16.5. The van der Waals surface area contributed by atoms with Gasteiger partial charge in [-0.15, -0.1) is 0 Å². The van der Waals surface area contributed by atoms with Crippen LogP contribution < -0.4 is 4.74 Å². The van der Waals surface area contributed by atoms with Crippen molar-refractivity contribution in [3.05, 3.63) is 24.3 Å². The van der Waals surface area contributed by atoms with Crippen LogP contribution in [0, 0.1) is 23.2 Å². The zero-order valence-electron chi connectivity index (χ0n) is 12.2. The van der Waals surface area contributed by atoms with Crippen LogP contribution in [0.1, 0.15) is 38.5 Å². The molecule has 0 saturated heterocycles. The van der Waals surface area contributed by atoms with E-state index in [1.54, 1.807) is 7.11 Å². The first-order valence-electron chi connectivity index (χ1n) is 7.94. The fourth-order valence-electron chi connectivity index (χ4n) is 5.22. The van der Waals surface area contributed by atoms with E-state index >= 15 is 0 Å². The van der Waals surface area contributed by atoms with Crippen molar-refractivity contribution in [1.82, 2.24) is 0 Å². The predicted molar refractivity (Wildman–Crippen MR) is 81.8 cm³/mol. The number of ether oxygens (including phenoxy) is 1. The number of hydrogen-bond acceptors (Lipinski definition) is 2. The zero-order chi connectivity index (χ0) is 13.6. The lowest BCUT2D eigenvalue weighted by molar-refractivity contribution is -0.00957. The molecule has 0 spiro atoms. The van der Waals surface area contributed by atoms with Crippen LogP contribution in [0.15, 0.2) is 29.3 Å². The third-order valence-corrected chi connectivity index (χ3v) is 5.65. The Labute approximate surface area is 121 Å². The van der Waals surface area contributed by atoms with E-state index < -0.39 is 0 Å². The third kappa shape index (κ3) is 2.15. The lowest BCUT2D eigenvalue weighted by Crippen LogP contribution is -2.46. The molecule has 2 heteroatoms. The molecule has 4 aliphatic rings. The fourth-order valence-corrected chi connectivity index (χ4v) is 5.22. The van der Waals surface area contributed by atoms with Crippen LogP contribution in [0.25, 0.3) is 0 Å². The van der Waals surface area contributed by atoms with Crippen molar-refractivity contribution in [2.45, 2.75) is 38.5 Å². The fraction of sp³-hybridized carbons (Fsp3) is 0.611. The summed E-state index contributed by atoms with van der Waals surface area (Å²) < 4.78 is 5.20. The zero-order valence-corrected chi connectivity index (χ0v) is 12.2. The molecule has 0 amide bonds. The van der Waals surface area contributed by atoms with Gasteiger partial charge in [0, 0.05) is 11.6 Å². The van der Waals surface area contributed by atoms with Gasteiger partial charge in [-0.25, -0.2) is 0 Å². The first-order valence-corrected chi connectivity index (χ1v) is 7.94. The quantitative estimate of drug-likeness (QED) is 0.734. The first kappa shape index (κ1) is 12.4. The average molecular weight is 269 g/mol. The number of hydrogen-bond donors (Lipinski definition) is 0. The lowest BCUT2D eigenvalue weighted by atomic mass is 9.50. The second-order valence-electron chi connectivity index (χ2n) is 7.24. The minimum Gasteiger partial charge on any atom is -0.497 e. The molecule has 4 saturated carbocycles. The summed E-state index contributed by atoms with van der Waals surface area (Å²) in [5, 5.41) is 0. The standard InChI is InChI=1S/C18H23NO/c1-20-17-4-2-16(3-5-17)19-12-18-9-13-6-14(10-18)8-15(7-13)11-18/h2-5,12-15H,6-11H2,1H3. The molecule has 0 heterocycles. The van der Waals surface area contributed by atoms with Crippen molar-refractivity contribution < 1.29 is 4.74 Å². The molecule has 0 aromatic heterocycles. The van der Waals surface area contributed by atoms with Crippen molar-refractivity contribution in [3.63, 3.8) is 0 Å². The predicted octanol–water partition coefficient (Wildman–Crippen LogP) is 4.61. The maximum atomic E-state index is 5.20. The molecule has 106 valence electrons. The van der Waals surface area contributed by atoms with Gasteiger partial charge in [0.2, 0.25) is 0 Å². The molecule has 2 nitrogen and oxygen atoms in total. The van der Waals surface area contributed by atoms with E-state index in [1.165, 1.54) is 38.5 Å². The second-order valence-corrected chi connectivity index (χ2v) is 7.24. The maximum absolute atomic E-state index is 5.20. The average Bonchev–Trinajstić information content (AvgIpc) is 2.44. The number of aliphatic imine (C=N–C) groups is 1. The maximum Gasteiger partial charge on any atom is 0.119 e. The summed E-state index contributed by atoms with van der Waals surface area (Å²) in [6, 6.07) is 8.09. The molecule has 0 atom stereocenters. The van der Waals surface area contributed by atoms with E-state index in [-0.39, 0.29) is 0 Å². The van der Waals surface area contributed by atoms with Crippen LogP contribution in [0.4, 0.5) is 5.69 Å². The van der Waals surface area contributed by atoms with Crippen molar-refractivity contribution in [1.29, 1.82) is 0 Å². The van der Waals surface area contributed by atoms with E-state index in [4.69, 9.17) is 9.73 Å². The SMILES string of the molecule is COc1ccc(N=CC23CC4CC(CC(C4)C2)C3)cc1. The Morgan fingerprint density at radius 3 is 2.05 bits per heavy atom. The summed E-state index contributed by atoms with van der Waals surface area (Å²) in [5.74, 6) is 3.87. The lowest BCUT2D eigenvalue weighted by Gasteiger charge is -2.55. The summed E-state index contributed by atoms with van der Waals surface area (Å²) in [6.45, 7) is 0. The number of rotatable bonds is 3. The van der Waals surface area contributed by atoms with Crippen LogP contribution in [0.2, 0.25) is 0 Å². The molecule has 1 aromatic rings. The second kappa shape index (κ2) is 4.61. The summed E-state index contributed by atoms with van der Waals surface area (Å²) in [6.07, 6.45) is 11.0. The van der Waals surface area contributed by atoms with E-state index in [0.717, 1.165) is 29.2 Å². The molecule has 0 unspecified atom stereocenters. The molecule has 4 aliphatic carbocycles. The van der Waals surface area contributed by atoms with Crippen LogP contribution in [0.3, 0.4) is 0 Å². The largest absolute Gasteiger partial charge is 0.497 e. The summed E-state index contributed by atoms with van der Waals surface area (Å²) >= 11 is 0. The Morgan fingerprint density at radius 1 is 1.00 bits per heavy atom. The molecule has 4 fully saturated rings. The van der Waals surface area contributed by atoms with Crippen molar-refractivity contribution in [3.8, 4) is 5.75 Å². The minimum absolute atomic E-state index is 0.425. The highest BCUT2D eigenvalue weighted by molar-refractivity contribution is 5.70. The van der Waals surface area contributed by atoms with Crippen molar-refractivity contribution in [2.75, 3.05) is 7.11 Å². The molecule has 0 aliphatic heterocycles. The van der Waals surface area contributed by atoms with Gasteiger partial charge in [-0.2, -0.15) is 0 Å². The number of nitrogens with zero attached hydrogens (tertiary/aromatic N) is 1. The van der Waals surface area contributed by atoms with Crippen LogP contribution in [0.5, 0.6) is 5.75 Å². The Bertz CT molecular complexity index is 481. The van der Waals surface area contributed by atoms with Gasteiger partial charge in [-0.3, -0.25) is 4.99 Å². The molecule has 20 heavy (non-hydrogen) atoms. The Morgan fingerprint density at radius 2 is 1.55 bits per heavy atom. The van der Waals surface area contributed by atoms with Crippen LogP contribution >= 0.6 is 0 Å². The summed E-state index contributed by atoms with van der Waals surface area (Å²) in [4.78, 5) is 4.79. The smallest absolute Gasteiger partial charge is 0.119 e. The van der Waals surface area contributed by atoms with Gasteiger partial charge in [0.05, 0.1) is 12.8 Å². The van der Waals surface area contributed by atoms with E-state index in [0.29, 0.717) is 5.41 Å². The first-order chi connectivity index (χ1) is 9.75. The normalized spacial score (nSPS) is 38.5. The van der Waals surface area contributed by atoms with Gasteiger partial charge in [-0.1, -0.05) is 0 Å². The Hall–Kier alpha value is -1.31. The Kier molecular flexibility index (Phi) is 2.87. The number of benzene rings is 1. The topological polar surface area (TPSA) is 21.6 Å². The van der Waals surface area contributed by atoms with E-state index in [9.17, 15) is 0 Å². The van der Waals surface area contributed by atoms with Gasteiger partial charge < -0.3 is 4.74 Å². The van der Waals surface area contributed by atoms with Gasteiger partial charge in [-0.05, 0) is 80.5 Å². The van der Waals surface area contributed by atoms with Crippen molar-refractivity contribution >= 4 is 11.9 Å². The van der Waals surface area contributed by atoms with Crippen LogP contribution in [-0.4, -0.2) is 13.3 Å². The third-order valence-electron chi connectivity index (χ3n) is 5.65. The molecule has 1 aromatic carbocycles. The van der Waals surface area contributed by atoms with Crippen LogP contribution in [-0.2, 0) is 0 Å². The molecule has 0 radical (unpaired) electrons. The van der Waals surface area contributed by atoms with E-state index in [2.05, 4.69) is 18.3 Å².